The van der Waals surface area contributed by atoms with E-state index in [0.29, 0.717) is 12.8 Å². The van der Waals surface area contributed by atoms with Crippen LogP contribution in [0.5, 0.6) is 0 Å². The first kappa shape index (κ1) is 19.5. The van der Waals surface area contributed by atoms with Gasteiger partial charge in [-0.25, -0.2) is 0 Å². The van der Waals surface area contributed by atoms with Crippen LogP contribution in [0.3, 0.4) is 0 Å². The molecule has 1 rings (SSSR count). The number of hydrogen-bond donors (Lipinski definition) is 0. The molecule has 3 heteroatoms. The Hall–Kier alpha value is -0.590. The summed E-state index contributed by atoms with van der Waals surface area (Å²) in [5, 5.41) is 0. The fourth-order valence-electron chi connectivity index (χ4n) is 3.07. The van der Waals surface area contributed by atoms with Crippen molar-refractivity contribution in [1.82, 2.24) is 0 Å². The molecule has 0 aliphatic heterocycles. The van der Waals surface area contributed by atoms with Crippen molar-refractivity contribution in [1.29, 1.82) is 0 Å². The highest BCUT2D eigenvalue weighted by Crippen LogP contribution is 2.47. The van der Waals surface area contributed by atoms with Gasteiger partial charge in [-0.1, -0.05) is 53.7 Å². The Morgan fingerprint density at radius 3 is 1.73 bits per heavy atom. The summed E-state index contributed by atoms with van der Waals surface area (Å²) in [7, 11) is -2.57. The summed E-state index contributed by atoms with van der Waals surface area (Å²) in [5.74, 6) is 0. The molecule has 0 N–H and O–H groups in total. The molecule has 0 saturated heterocycles. The normalized spacial score (nSPS) is 15.7. The van der Waals surface area contributed by atoms with E-state index in [-0.39, 0.29) is 10.8 Å². The van der Waals surface area contributed by atoms with Crippen molar-refractivity contribution < 1.29 is 9.09 Å². The molecular formula is C19H33O2P. The Labute approximate surface area is 137 Å². The van der Waals surface area contributed by atoms with E-state index in [1.54, 1.807) is 6.66 Å². The quantitative estimate of drug-likeness (QED) is 0.632. The maximum absolute atomic E-state index is 12.6. The SMILES string of the molecule is CCOP(C)(=O)Cc1cc(C(C)(C)C)c(C)c(C(C)(C)C)c1. The van der Waals surface area contributed by atoms with Crippen LogP contribution < -0.4 is 0 Å². The fraction of sp³-hybridized carbons (Fsp3) is 0.684. The van der Waals surface area contributed by atoms with Crippen LogP contribution in [0.2, 0.25) is 0 Å². The van der Waals surface area contributed by atoms with Crippen LogP contribution in [0.1, 0.15) is 70.7 Å². The average molecular weight is 324 g/mol. The van der Waals surface area contributed by atoms with Gasteiger partial charge in [0.05, 0.1) is 6.61 Å². The zero-order chi connectivity index (χ0) is 17.3. The second-order valence-corrected chi connectivity index (χ2v) is 11.0. The summed E-state index contributed by atoms with van der Waals surface area (Å²) < 4.78 is 18.0. The van der Waals surface area contributed by atoms with Crippen molar-refractivity contribution in [2.45, 2.75) is 72.4 Å². The lowest BCUT2D eigenvalue weighted by molar-refractivity contribution is 0.336. The fourth-order valence-corrected chi connectivity index (χ4v) is 4.56. The molecule has 0 aromatic heterocycles. The van der Waals surface area contributed by atoms with E-state index in [1.165, 1.54) is 16.7 Å². The topological polar surface area (TPSA) is 26.3 Å². The molecule has 0 saturated carbocycles. The van der Waals surface area contributed by atoms with Crippen molar-refractivity contribution in [3.8, 4) is 0 Å². The Kier molecular flexibility index (Phi) is 5.74. The van der Waals surface area contributed by atoms with Crippen molar-refractivity contribution in [3.63, 3.8) is 0 Å². The molecule has 0 fully saturated rings. The molecule has 1 unspecified atom stereocenters. The first-order valence-corrected chi connectivity index (χ1v) is 10.4. The predicted octanol–water partition coefficient (Wildman–Crippen LogP) is 6.03. The van der Waals surface area contributed by atoms with Crippen molar-refractivity contribution in [3.05, 3.63) is 34.4 Å². The lowest BCUT2D eigenvalue weighted by atomic mass is 9.76. The summed E-state index contributed by atoms with van der Waals surface area (Å²) in [6.45, 7) is 19.8. The van der Waals surface area contributed by atoms with Gasteiger partial charge in [0.2, 0.25) is 7.37 Å². The maximum Gasteiger partial charge on any atom is 0.204 e. The number of hydrogen-bond acceptors (Lipinski definition) is 2. The van der Waals surface area contributed by atoms with Gasteiger partial charge in [0.1, 0.15) is 0 Å². The van der Waals surface area contributed by atoms with Crippen molar-refractivity contribution in [2.24, 2.45) is 0 Å². The van der Waals surface area contributed by atoms with Gasteiger partial charge in [-0.05, 0) is 46.9 Å². The lowest BCUT2D eigenvalue weighted by Gasteiger charge is -2.30. The molecule has 0 radical (unpaired) electrons. The van der Waals surface area contributed by atoms with Crippen LogP contribution in [0.4, 0.5) is 0 Å². The summed E-state index contributed by atoms with van der Waals surface area (Å²) >= 11 is 0. The highest BCUT2D eigenvalue weighted by Gasteiger charge is 2.26. The monoisotopic (exact) mass is 324 g/mol. The molecule has 1 aromatic carbocycles. The second-order valence-electron chi connectivity index (χ2n) is 8.41. The van der Waals surface area contributed by atoms with Crippen LogP contribution in [0.15, 0.2) is 12.1 Å². The minimum absolute atomic E-state index is 0.0729. The Morgan fingerprint density at radius 2 is 1.41 bits per heavy atom. The van der Waals surface area contributed by atoms with Gasteiger partial charge in [0.15, 0.2) is 0 Å². The van der Waals surface area contributed by atoms with Crippen LogP contribution >= 0.6 is 7.37 Å². The minimum atomic E-state index is -2.57. The number of rotatable bonds is 4. The van der Waals surface area contributed by atoms with Crippen molar-refractivity contribution in [2.75, 3.05) is 13.3 Å². The molecule has 22 heavy (non-hydrogen) atoms. The predicted molar refractivity (Wildman–Crippen MR) is 97.4 cm³/mol. The standard InChI is InChI=1S/C19H33O2P/c1-10-21-22(9,20)13-15-11-16(18(3,4)5)14(2)17(12-15)19(6,7)8/h11-12H,10,13H2,1-9H3. The molecule has 0 aliphatic rings. The van der Waals surface area contributed by atoms with E-state index in [1.807, 2.05) is 6.92 Å². The molecule has 2 nitrogen and oxygen atoms in total. The summed E-state index contributed by atoms with van der Waals surface area (Å²) in [6.07, 6.45) is 0.507. The molecule has 0 amide bonds. The first-order chi connectivity index (χ1) is 9.78. The minimum Gasteiger partial charge on any atom is -0.329 e. The third-order valence-electron chi connectivity index (χ3n) is 3.96. The second kappa shape index (κ2) is 6.49. The van der Waals surface area contributed by atoms with E-state index in [2.05, 4.69) is 60.6 Å². The van der Waals surface area contributed by atoms with Gasteiger partial charge in [-0.2, -0.15) is 0 Å². The van der Waals surface area contributed by atoms with Crippen molar-refractivity contribution >= 4 is 7.37 Å². The first-order valence-electron chi connectivity index (χ1n) is 8.13. The molecule has 1 atom stereocenters. The molecular weight excluding hydrogens is 291 g/mol. The Bertz CT molecular complexity index is 539. The summed E-state index contributed by atoms with van der Waals surface area (Å²) in [4.78, 5) is 0. The molecule has 0 heterocycles. The van der Waals surface area contributed by atoms with Gasteiger partial charge in [0, 0.05) is 12.8 Å². The van der Waals surface area contributed by atoms with Crippen LogP contribution in [-0.2, 0) is 26.1 Å². The summed E-state index contributed by atoms with van der Waals surface area (Å²) in [5.41, 5.74) is 5.30. The van der Waals surface area contributed by atoms with E-state index in [4.69, 9.17) is 4.52 Å². The highest BCUT2D eigenvalue weighted by molar-refractivity contribution is 7.57. The van der Waals surface area contributed by atoms with Crippen LogP contribution in [-0.4, -0.2) is 13.3 Å². The smallest absolute Gasteiger partial charge is 0.204 e. The van der Waals surface area contributed by atoms with E-state index in [9.17, 15) is 4.57 Å². The van der Waals surface area contributed by atoms with Gasteiger partial charge >= 0.3 is 0 Å². The van der Waals surface area contributed by atoms with Crippen LogP contribution in [0.25, 0.3) is 0 Å². The molecule has 0 aliphatic carbocycles. The largest absolute Gasteiger partial charge is 0.329 e. The average Bonchev–Trinajstić information content (AvgIpc) is 2.27. The van der Waals surface area contributed by atoms with E-state index in [0.717, 1.165) is 5.56 Å². The third-order valence-corrected chi connectivity index (χ3v) is 5.70. The highest BCUT2D eigenvalue weighted by atomic mass is 31.2. The Balaban J connectivity index is 3.45. The molecule has 126 valence electrons. The van der Waals surface area contributed by atoms with Gasteiger partial charge in [0.25, 0.3) is 0 Å². The molecule has 1 aromatic rings. The maximum atomic E-state index is 12.6. The summed E-state index contributed by atoms with van der Waals surface area (Å²) in [6, 6.07) is 4.44. The third kappa shape index (κ3) is 4.96. The van der Waals surface area contributed by atoms with Gasteiger partial charge in [-0.3, -0.25) is 4.57 Å². The van der Waals surface area contributed by atoms with E-state index < -0.39 is 7.37 Å². The zero-order valence-electron chi connectivity index (χ0n) is 15.8. The van der Waals surface area contributed by atoms with Gasteiger partial charge in [-0.15, -0.1) is 0 Å². The van der Waals surface area contributed by atoms with Crippen LogP contribution in [0, 0.1) is 6.92 Å². The van der Waals surface area contributed by atoms with E-state index >= 15 is 0 Å². The lowest BCUT2D eigenvalue weighted by Crippen LogP contribution is -2.20. The Morgan fingerprint density at radius 1 is 1.00 bits per heavy atom. The number of benzene rings is 1. The molecule has 0 bridgehead atoms. The molecule has 0 spiro atoms. The zero-order valence-corrected chi connectivity index (χ0v) is 16.7. The van der Waals surface area contributed by atoms with Gasteiger partial charge < -0.3 is 4.52 Å².